The third kappa shape index (κ3) is 4.11. The van der Waals surface area contributed by atoms with Crippen LogP contribution in [0.1, 0.15) is 89.5 Å². The highest BCUT2D eigenvalue weighted by Crippen LogP contribution is 2.70. The summed E-state index contributed by atoms with van der Waals surface area (Å²) in [6, 6.07) is 3.31. The fourth-order valence-electron chi connectivity index (χ4n) is 10.5. The van der Waals surface area contributed by atoms with Crippen LogP contribution in [0.5, 0.6) is 0 Å². The molecule has 8 nitrogen and oxygen atoms in total. The highest BCUT2D eigenvalue weighted by molar-refractivity contribution is 5.65. The SMILES string of the molecule is CN1CC(C2CC[C@]3(C)C(CC[C@@H]4[C@@H]3CC[C@]3(C)[C@@H](c5ccc(=O)oc5)CC[C@]43O)C2)N(C(=O)O)CC[C@@H]1O. The van der Waals surface area contributed by atoms with Gasteiger partial charge in [-0.25, -0.2) is 9.59 Å². The Bertz CT molecular complexity index is 1140. The molecule has 0 spiro atoms. The number of carboxylic acid groups (broad SMARTS) is 1. The van der Waals surface area contributed by atoms with Gasteiger partial charge in [-0.3, -0.25) is 4.90 Å². The lowest BCUT2D eigenvalue weighted by Crippen LogP contribution is -2.62. The lowest BCUT2D eigenvalue weighted by molar-refractivity contribution is -0.204. The molecule has 0 bridgehead atoms. The fraction of sp³-hybridized carbons (Fsp3) is 0.806. The van der Waals surface area contributed by atoms with Crippen LogP contribution in [0.4, 0.5) is 4.79 Å². The molecule has 1 aliphatic heterocycles. The van der Waals surface area contributed by atoms with E-state index in [1.54, 1.807) is 11.2 Å². The first-order chi connectivity index (χ1) is 18.5. The summed E-state index contributed by atoms with van der Waals surface area (Å²) in [6.07, 6.45) is 9.57. The molecule has 1 aromatic heterocycles. The summed E-state index contributed by atoms with van der Waals surface area (Å²) < 4.78 is 5.23. The minimum absolute atomic E-state index is 0.0905. The zero-order valence-corrected chi connectivity index (χ0v) is 23.7. The molecule has 1 amide bonds. The van der Waals surface area contributed by atoms with Crippen molar-refractivity contribution in [2.45, 2.75) is 102 Å². The molecule has 5 aliphatic rings. The minimum atomic E-state index is -0.873. The standard InChI is InChI=1S/C31H46N2O6/c1-29-12-8-19(25-17-32(3)26(34)11-15-33(25)28(36)37)16-21(29)5-6-24-23(29)9-13-30(2)22(10-14-31(24,30)38)20-4-7-27(35)39-18-20/h4,7,18-19,21-26,34,38H,5-6,8-17H2,1-3H3,(H,36,37)/t19?,21?,22-,23+,24-,25?,26+,29-,30-,31+/m1/s1. The summed E-state index contributed by atoms with van der Waals surface area (Å²) in [7, 11) is 1.90. The van der Waals surface area contributed by atoms with Crippen LogP contribution in [0, 0.1) is 34.5 Å². The van der Waals surface area contributed by atoms with Crippen molar-refractivity contribution < 1.29 is 24.5 Å². The molecule has 5 fully saturated rings. The van der Waals surface area contributed by atoms with Gasteiger partial charge in [0.15, 0.2) is 0 Å². The van der Waals surface area contributed by atoms with E-state index in [1.807, 2.05) is 18.0 Å². The average Bonchev–Trinajstić information content (AvgIpc) is 3.09. The molecule has 4 aliphatic carbocycles. The summed E-state index contributed by atoms with van der Waals surface area (Å²) in [5.41, 5.74) is -0.100. The van der Waals surface area contributed by atoms with Gasteiger partial charge in [0.2, 0.25) is 0 Å². The lowest BCUT2D eigenvalue weighted by atomic mass is 9.42. The first-order valence-corrected chi connectivity index (χ1v) is 15.2. The number of rotatable bonds is 2. The largest absolute Gasteiger partial charge is 0.465 e. The summed E-state index contributed by atoms with van der Waals surface area (Å²) in [5, 5.41) is 32.9. The predicted octanol–water partition coefficient (Wildman–Crippen LogP) is 4.50. The monoisotopic (exact) mass is 542 g/mol. The molecule has 0 radical (unpaired) electrons. The maximum absolute atomic E-state index is 12.5. The van der Waals surface area contributed by atoms with Crippen LogP contribution in [0.3, 0.4) is 0 Å². The van der Waals surface area contributed by atoms with Crippen molar-refractivity contribution in [2.75, 3.05) is 20.1 Å². The number of nitrogens with zero attached hydrogens (tertiary/aromatic N) is 2. The van der Waals surface area contributed by atoms with Crippen molar-refractivity contribution in [3.63, 3.8) is 0 Å². The van der Waals surface area contributed by atoms with E-state index < -0.39 is 17.9 Å². The molecule has 2 heterocycles. The van der Waals surface area contributed by atoms with Crippen LogP contribution in [-0.4, -0.2) is 69.2 Å². The normalized spacial score (nSPS) is 46.6. The van der Waals surface area contributed by atoms with Crippen LogP contribution in [0.25, 0.3) is 0 Å². The molecule has 3 unspecified atom stereocenters. The van der Waals surface area contributed by atoms with Gasteiger partial charge >= 0.3 is 11.7 Å². The number of hydrogen-bond donors (Lipinski definition) is 3. The van der Waals surface area contributed by atoms with E-state index in [-0.39, 0.29) is 34.3 Å². The van der Waals surface area contributed by atoms with Crippen molar-refractivity contribution in [3.8, 4) is 0 Å². The van der Waals surface area contributed by atoms with Crippen molar-refractivity contribution in [1.29, 1.82) is 0 Å². The van der Waals surface area contributed by atoms with Crippen molar-refractivity contribution in [2.24, 2.45) is 34.5 Å². The number of amides is 1. The Kier molecular flexibility index (Phi) is 6.71. The highest BCUT2D eigenvalue weighted by atomic mass is 16.4. The van der Waals surface area contributed by atoms with Gasteiger partial charge in [-0.15, -0.1) is 0 Å². The smallest absolute Gasteiger partial charge is 0.407 e. The van der Waals surface area contributed by atoms with E-state index in [1.165, 1.54) is 6.07 Å². The first-order valence-electron chi connectivity index (χ1n) is 15.2. The lowest BCUT2D eigenvalue weighted by Gasteiger charge is -2.64. The van der Waals surface area contributed by atoms with E-state index in [0.717, 1.165) is 63.4 Å². The van der Waals surface area contributed by atoms with Crippen molar-refractivity contribution in [3.05, 3.63) is 34.4 Å². The zero-order valence-electron chi connectivity index (χ0n) is 23.7. The molecule has 1 aromatic rings. The van der Waals surface area contributed by atoms with Crippen LogP contribution >= 0.6 is 0 Å². The van der Waals surface area contributed by atoms with Gasteiger partial charge in [-0.2, -0.15) is 0 Å². The second-order valence-electron chi connectivity index (χ2n) is 14.1. The summed E-state index contributed by atoms with van der Waals surface area (Å²) >= 11 is 0. The number of hydrogen-bond acceptors (Lipinski definition) is 6. The average molecular weight is 543 g/mol. The number of aliphatic hydroxyl groups excluding tert-OH is 1. The van der Waals surface area contributed by atoms with Gasteiger partial charge in [-0.05, 0) is 111 Å². The molecule has 10 atom stereocenters. The second-order valence-corrected chi connectivity index (χ2v) is 14.1. The molecule has 216 valence electrons. The van der Waals surface area contributed by atoms with Crippen LogP contribution in [-0.2, 0) is 0 Å². The Morgan fingerprint density at radius 1 is 1.03 bits per heavy atom. The van der Waals surface area contributed by atoms with Gasteiger partial charge in [0, 0.05) is 31.0 Å². The van der Waals surface area contributed by atoms with Gasteiger partial charge in [-0.1, -0.05) is 13.8 Å². The number of carbonyl (C=O) groups is 1. The second kappa shape index (κ2) is 9.59. The van der Waals surface area contributed by atoms with Crippen LogP contribution < -0.4 is 5.63 Å². The van der Waals surface area contributed by atoms with E-state index >= 15 is 0 Å². The molecule has 3 N–H and O–H groups in total. The Hall–Kier alpha value is -1.90. The first kappa shape index (κ1) is 27.3. The Morgan fingerprint density at radius 2 is 1.82 bits per heavy atom. The predicted molar refractivity (Wildman–Crippen MR) is 146 cm³/mol. The Morgan fingerprint density at radius 3 is 2.54 bits per heavy atom. The Labute approximate surface area is 231 Å². The molecule has 0 aromatic carbocycles. The molecule has 6 rings (SSSR count). The van der Waals surface area contributed by atoms with E-state index in [4.69, 9.17) is 4.42 Å². The Balaban J connectivity index is 1.22. The van der Waals surface area contributed by atoms with E-state index in [9.17, 15) is 24.9 Å². The summed E-state index contributed by atoms with van der Waals surface area (Å²) in [6.45, 7) is 5.70. The number of likely N-dealkylation sites (N-methyl/N-ethyl adjacent to an activating group) is 1. The molecule has 4 saturated carbocycles. The molecular weight excluding hydrogens is 496 g/mol. The molecule has 39 heavy (non-hydrogen) atoms. The third-order valence-electron chi connectivity index (χ3n) is 12.8. The number of fused-ring (bicyclic) bond motifs is 5. The van der Waals surface area contributed by atoms with Crippen LogP contribution in [0.15, 0.2) is 27.6 Å². The zero-order chi connectivity index (χ0) is 27.7. The summed E-state index contributed by atoms with van der Waals surface area (Å²) in [5.74, 6) is 1.75. The quantitative estimate of drug-likeness (QED) is 0.504. The molecule has 8 heteroatoms. The van der Waals surface area contributed by atoms with Crippen molar-refractivity contribution in [1.82, 2.24) is 9.80 Å². The van der Waals surface area contributed by atoms with Crippen LogP contribution in [0.2, 0.25) is 0 Å². The van der Waals surface area contributed by atoms with Gasteiger partial charge in [0.05, 0.1) is 17.9 Å². The molecule has 1 saturated heterocycles. The maximum atomic E-state index is 12.5. The highest BCUT2D eigenvalue weighted by Gasteiger charge is 2.67. The minimum Gasteiger partial charge on any atom is -0.465 e. The fourth-order valence-corrected chi connectivity index (χ4v) is 10.5. The summed E-state index contributed by atoms with van der Waals surface area (Å²) in [4.78, 5) is 27.3. The van der Waals surface area contributed by atoms with E-state index in [2.05, 4.69) is 13.8 Å². The topological polar surface area (TPSA) is 114 Å². The maximum Gasteiger partial charge on any atom is 0.407 e. The van der Waals surface area contributed by atoms with E-state index in [0.29, 0.717) is 37.3 Å². The van der Waals surface area contributed by atoms with Gasteiger partial charge in [0.25, 0.3) is 0 Å². The number of aliphatic hydroxyl groups is 2. The molecular formula is C31H46N2O6. The van der Waals surface area contributed by atoms with Gasteiger partial charge < -0.3 is 24.6 Å². The van der Waals surface area contributed by atoms with Crippen molar-refractivity contribution >= 4 is 6.09 Å². The van der Waals surface area contributed by atoms with Gasteiger partial charge in [0.1, 0.15) is 6.23 Å². The third-order valence-corrected chi connectivity index (χ3v) is 12.8.